The highest BCUT2D eigenvalue weighted by molar-refractivity contribution is 9.10. The molecule has 0 saturated carbocycles. The Hall–Kier alpha value is -1.42. The van der Waals surface area contributed by atoms with E-state index < -0.39 is 0 Å². The Balaban J connectivity index is 2.38. The molecule has 19 heavy (non-hydrogen) atoms. The smallest absolute Gasteiger partial charge is 0.144 e. The number of hydrogen-bond acceptors (Lipinski definition) is 3. The van der Waals surface area contributed by atoms with Crippen molar-refractivity contribution in [1.82, 2.24) is 9.97 Å². The summed E-state index contributed by atoms with van der Waals surface area (Å²) in [4.78, 5) is 9.20. The maximum atomic E-state index is 4.64. The number of anilines is 1. The van der Waals surface area contributed by atoms with E-state index >= 15 is 0 Å². The number of benzene rings is 1. The predicted molar refractivity (Wildman–Crippen MR) is 82.6 cm³/mol. The molecule has 0 aliphatic heterocycles. The molecule has 100 valence electrons. The minimum atomic E-state index is 0.766. The molecule has 3 nitrogen and oxygen atoms in total. The second-order valence-electron chi connectivity index (χ2n) is 4.46. The van der Waals surface area contributed by atoms with Gasteiger partial charge in [0.05, 0.1) is 10.2 Å². The van der Waals surface area contributed by atoms with Crippen molar-refractivity contribution >= 4 is 21.7 Å². The van der Waals surface area contributed by atoms with E-state index in [1.165, 1.54) is 11.1 Å². The fourth-order valence-corrected chi connectivity index (χ4v) is 2.66. The van der Waals surface area contributed by atoms with E-state index in [2.05, 4.69) is 69.3 Å². The van der Waals surface area contributed by atoms with Crippen molar-refractivity contribution < 1.29 is 0 Å². The zero-order valence-electron chi connectivity index (χ0n) is 11.5. The van der Waals surface area contributed by atoms with E-state index in [-0.39, 0.29) is 0 Å². The quantitative estimate of drug-likeness (QED) is 0.932. The van der Waals surface area contributed by atoms with Gasteiger partial charge in [-0.25, -0.2) is 9.97 Å². The Morgan fingerprint density at radius 3 is 2.58 bits per heavy atom. The monoisotopic (exact) mass is 319 g/mol. The third kappa shape index (κ3) is 3.13. The third-order valence-corrected chi connectivity index (χ3v) is 3.98. The zero-order chi connectivity index (χ0) is 13.8. The first-order valence-corrected chi connectivity index (χ1v) is 7.22. The summed E-state index contributed by atoms with van der Waals surface area (Å²) >= 11 is 3.55. The molecule has 2 rings (SSSR count). The van der Waals surface area contributed by atoms with Crippen LogP contribution in [0, 0.1) is 6.92 Å². The molecule has 0 radical (unpaired) electrons. The van der Waals surface area contributed by atoms with Gasteiger partial charge in [-0.05, 0) is 40.4 Å². The summed E-state index contributed by atoms with van der Waals surface area (Å²) in [5, 5.41) is 3.11. The third-order valence-electron chi connectivity index (χ3n) is 3.15. The molecule has 0 aliphatic carbocycles. The molecular formula is C15H18BrN3. The number of halogens is 1. The number of nitrogens with zero attached hydrogens (tertiary/aromatic N) is 2. The van der Waals surface area contributed by atoms with Gasteiger partial charge in [0.25, 0.3) is 0 Å². The van der Waals surface area contributed by atoms with Crippen molar-refractivity contribution in [1.29, 1.82) is 0 Å². The molecule has 4 heteroatoms. The van der Waals surface area contributed by atoms with Crippen LogP contribution in [0.25, 0.3) is 0 Å². The van der Waals surface area contributed by atoms with Crippen LogP contribution in [0.15, 0.2) is 28.7 Å². The average Bonchev–Trinajstić information content (AvgIpc) is 2.43. The summed E-state index contributed by atoms with van der Waals surface area (Å²) in [6, 6.07) is 8.36. The van der Waals surface area contributed by atoms with Gasteiger partial charge in [-0.2, -0.15) is 0 Å². The van der Waals surface area contributed by atoms with Crippen LogP contribution < -0.4 is 5.32 Å². The Morgan fingerprint density at radius 2 is 1.95 bits per heavy atom. The van der Waals surface area contributed by atoms with Crippen LogP contribution in [0.1, 0.15) is 29.6 Å². The van der Waals surface area contributed by atoms with E-state index in [4.69, 9.17) is 0 Å². The maximum absolute atomic E-state index is 4.64. The molecule has 0 fully saturated rings. The lowest BCUT2D eigenvalue weighted by Crippen LogP contribution is -2.06. The van der Waals surface area contributed by atoms with E-state index in [0.29, 0.717) is 0 Å². The van der Waals surface area contributed by atoms with Gasteiger partial charge in [0, 0.05) is 13.5 Å². The van der Waals surface area contributed by atoms with Crippen LogP contribution in [0.3, 0.4) is 0 Å². The minimum Gasteiger partial charge on any atom is -0.372 e. The van der Waals surface area contributed by atoms with Crippen LogP contribution in [0.4, 0.5) is 5.82 Å². The van der Waals surface area contributed by atoms with Gasteiger partial charge in [0.1, 0.15) is 11.6 Å². The number of aryl methyl sites for hydroxylation is 2. The molecule has 0 spiro atoms. The molecule has 1 aromatic carbocycles. The lowest BCUT2D eigenvalue weighted by molar-refractivity contribution is 0.895. The normalized spacial score (nSPS) is 10.5. The topological polar surface area (TPSA) is 37.8 Å². The fourth-order valence-electron chi connectivity index (χ4n) is 2.00. The minimum absolute atomic E-state index is 0.766. The second kappa shape index (κ2) is 6.15. The lowest BCUT2D eigenvalue weighted by Gasteiger charge is -2.11. The van der Waals surface area contributed by atoms with Crippen LogP contribution in [-0.2, 0) is 12.8 Å². The van der Waals surface area contributed by atoms with E-state index in [1.54, 1.807) is 0 Å². The first kappa shape index (κ1) is 14.0. The first-order chi connectivity index (χ1) is 9.15. The fraction of sp³-hybridized carbons (Fsp3) is 0.333. The summed E-state index contributed by atoms with van der Waals surface area (Å²) in [6.45, 7) is 4.22. The van der Waals surface area contributed by atoms with Gasteiger partial charge in [0.15, 0.2) is 0 Å². The molecule has 0 amide bonds. The Kier molecular flexibility index (Phi) is 4.53. The van der Waals surface area contributed by atoms with Gasteiger partial charge in [-0.15, -0.1) is 0 Å². The number of rotatable bonds is 4. The highest BCUT2D eigenvalue weighted by Gasteiger charge is 2.11. The second-order valence-corrected chi connectivity index (χ2v) is 5.25. The van der Waals surface area contributed by atoms with Crippen molar-refractivity contribution in [2.45, 2.75) is 26.7 Å². The largest absolute Gasteiger partial charge is 0.372 e. The van der Waals surface area contributed by atoms with Crippen LogP contribution in [-0.4, -0.2) is 17.0 Å². The lowest BCUT2D eigenvalue weighted by atomic mass is 10.1. The highest BCUT2D eigenvalue weighted by atomic mass is 79.9. The van der Waals surface area contributed by atoms with Gasteiger partial charge >= 0.3 is 0 Å². The predicted octanol–water partition coefficient (Wildman–Crippen LogP) is 3.74. The summed E-state index contributed by atoms with van der Waals surface area (Å²) in [5.74, 6) is 1.72. The summed E-state index contributed by atoms with van der Waals surface area (Å²) < 4.78 is 0.964. The molecule has 0 saturated heterocycles. The SMILES string of the molecule is CCc1nc(Cc2ccccc2C)nc(NC)c1Br. The van der Waals surface area contributed by atoms with Crippen molar-refractivity contribution in [2.24, 2.45) is 0 Å². The Bertz CT molecular complexity index is 556. The molecular weight excluding hydrogens is 302 g/mol. The van der Waals surface area contributed by atoms with Crippen molar-refractivity contribution in [2.75, 3.05) is 12.4 Å². The molecule has 1 aromatic heterocycles. The number of hydrogen-bond donors (Lipinski definition) is 1. The zero-order valence-corrected chi connectivity index (χ0v) is 13.1. The number of nitrogens with one attached hydrogen (secondary N) is 1. The molecule has 0 bridgehead atoms. The van der Waals surface area contributed by atoms with Crippen molar-refractivity contribution in [3.63, 3.8) is 0 Å². The van der Waals surface area contributed by atoms with E-state index in [0.717, 1.165) is 34.7 Å². The highest BCUT2D eigenvalue weighted by Crippen LogP contribution is 2.24. The van der Waals surface area contributed by atoms with Crippen LogP contribution >= 0.6 is 15.9 Å². The van der Waals surface area contributed by atoms with Gasteiger partial charge in [-0.1, -0.05) is 31.2 Å². The summed E-state index contributed by atoms with van der Waals surface area (Å²) in [6.07, 6.45) is 1.65. The van der Waals surface area contributed by atoms with E-state index in [9.17, 15) is 0 Å². The van der Waals surface area contributed by atoms with Crippen LogP contribution in [0.2, 0.25) is 0 Å². The Morgan fingerprint density at radius 1 is 1.21 bits per heavy atom. The average molecular weight is 320 g/mol. The summed E-state index contributed by atoms with van der Waals surface area (Å²) in [7, 11) is 1.88. The van der Waals surface area contributed by atoms with Gasteiger partial charge < -0.3 is 5.32 Å². The van der Waals surface area contributed by atoms with Gasteiger partial charge in [-0.3, -0.25) is 0 Å². The molecule has 1 N–H and O–H groups in total. The first-order valence-electron chi connectivity index (χ1n) is 6.43. The maximum Gasteiger partial charge on any atom is 0.144 e. The van der Waals surface area contributed by atoms with E-state index in [1.807, 2.05) is 7.05 Å². The molecule has 0 atom stereocenters. The van der Waals surface area contributed by atoms with Crippen LogP contribution in [0.5, 0.6) is 0 Å². The number of aromatic nitrogens is 2. The molecule has 2 aromatic rings. The van der Waals surface area contributed by atoms with Crippen molar-refractivity contribution in [3.05, 3.63) is 51.4 Å². The van der Waals surface area contributed by atoms with Crippen molar-refractivity contribution in [3.8, 4) is 0 Å². The molecule has 0 unspecified atom stereocenters. The summed E-state index contributed by atoms with van der Waals surface area (Å²) in [5.41, 5.74) is 3.59. The molecule has 1 heterocycles. The standard InChI is InChI=1S/C15H18BrN3/c1-4-12-14(16)15(17-3)19-13(18-12)9-11-8-6-5-7-10(11)2/h5-8H,4,9H2,1-3H3,(H,17,18,19). The Labute approximate surface area is 122 Å². The molecule has 0 aliphatic rings. The van der Waals surface area contributed by atoms with Gasteiger partial charge in [0.2, 0.25) is 0 Å².